The average molecular weight is 264 g/mol. The number of pyridine rings is 1. The predicted molar refractivity (Wildman–Crippen MR) is 73.2 cm³/mol. The van der Waals surface area contributed by atoms with Crippen molar-refractivity contribution in [3.63, 3.8) is 0 Å². The fourth-order valence-corrected chi connectivity index (χ4v) is 2.78. The molecule has 0 aromatic carbocycles. The number of ether oxygens (including phenoxy) is 1. The van der Waals surface area contributed by atoms with Crippen LogP contribution < -0.4 is 15.6 Å². The third-order valence-electron chi connectivity index (χ3n) is 3.36. The molecule has 2 atom stereocenters. The second-order valence-electron chi connectivity index (χ2n) is 5.39. The lowest BCUT2D eigenvalue weighted by Crippen LogP contribution is -2.48. The molecule has 1 aromatic heterocycles. The molecular formula is C14H22N3O2+. The number of H-pyrrole nitrogens is 1. The summed E-state index contributed by atoms with van der Waals surface area (Å²) in [6.07, 6.45) is 0.275. The summed E-state index contributed by atoms with van der Waals surface area (Å²) in [6.45, 7) is 9.48. The number of carbonyl (C=O) groups is 1. The van der Waals surface area contributed by atoms with E-state index in [0.29, 0.717) is 5.56 Å². The van der Waals surface area contributed by atoms with Gasteiger partial charge in [-0.25, -0.2) is 4.98 Å². The highest BCUT2D eigenvalue weighted by Gasteiger charge is 2.32. The maximum Gasteiger partial charge on any atom is 0.288 e. The van der Waals surface area contributed by atoms with E-state index in [-0.39, 0.29) is 12.2 Å². The number of morpholine rings is 1. The monoisotopic (exact) mass is 264 g/mol. The van der Waals surface area contributed by atoms with Crippen LogP contribution in [0.25, 0.3) is 0 Å². The maximum atomic E-state index is 11.7. The molecule has 104 valence electrons. The first-order valence-electron chi connectivity index (χ1n) is 6.62. The van der Waals surface area contributed by atoms with Crippen LogP contribution in [0.5, 0.6) is 0 Å². The Kier molecular flexibility index (Phi) is 3.75. The molecular weight excluding hydrogens is 242 g/mol. The zero-order chi connectivity index (χ0) is 14.2. The van der Waals surface area contributed by atoms with E-state index in [4.69, 9.17) is 10.5 Å². The van der Waals surface area contributed by atoms with E-state index in [9.17, 15) is 4.79 Å². The van der Waals surface area contributed by atoms with Gasteiger partial charge in [-0.2, -0.15) is 0 Å². The zero-order valence-electron chi connectivity index (χ0n) is 12.0. The van der Waals surface area contributed by atoms with Crippen molar-refractivity contribution in [3.05, 3.63) is 22.9 Å². The quantitative estimate of drug-likeness (QED) is 0.860. The summed E-state index contributed by atoms with van der Waals surface area (Å²) < 4.78 is 5.73. The van der Waals surface area contributed by atoms with Crippen LogP contribution in [-0.4, -0.2) is 31.2 Å². The van der Waals surface area contributed by atoms with Gasteiger partial charge in [-0.15, -0.1) is 0 Å². The highest BCUT2D eigenvalue weighted by Crippen LogP contribution is 2.22. The molecule has 5 heteroatoms. The van der Waals surface area contributed by atoms with Crippen molar-refractivity contribution in [2.45, 2.75) is 39.9 Å². The number of nitrogens with two attached hydrogens (primary N) is 1. The molecule has 0 radical (unpaired) electrons. The Morgan fingerprint density at radius 2 is 1.95 bits per heavy atom. The number of nitrogens with one attached hydrogen (secondary N) is 1. The molecule has 0 unspecified atom stereocenters. The molecule has 1 aliphatic rings. The summed E-state index contributed by atoms with van der Waals surface area (Å²) in [6, 6.07) is 1.94. The van der Waals surface area contributed by atoms with Crippen LogP contribution >= 0.6 is 0 Å². The summed E-state index contributed by atoms with van der Waals surface area (Å²) in [4.78, 5) is 17.1. The Bertz CT molecular complexity index is 492. The van der Waals surface area contributed by atoms with Gasteiger partial charge in [-0.1, -0.05) is 0 Å². The predicted octanol–water partition coefficient (Wildman–Crippen LogP) is 0.830. The molecule has 19 heavy (non-hydrogen) atoms. The summed E-state index contributed by atoms with van der Waals surface area (Å²) in [5, 5.41) is 0. The third kappa shape index (κ3) is 2.87. The highest BCUT2D eigenvalue weighted by atomic mass is 16.5. The van der Waals surface area contributed by atoms with Crippen molar-refractivity contribution < 1.29 is 14.5 Å². The van der Waals surface area contributed by atoms with Crippen molar-refractivity contribution in [1.29, 1.82) is 0 Å². The number of aromatic nitrogens is 1. The largest absolute Gasteiger partial charge is 0.367 e. The smallest absolute Gasteiger partial charge is 0.288 e. The topological polar surface area (TPSA) is 69.7 Å². The number of rotatable bonds is 2. The van der Waals surface area contributed by atoms with Gasteiger partial charge < -0.3 is 10.5 Å². The first-order valence-corrected chi connectivity index (χ1v) is 6.62. The van der Waals surface area contributed by atoms with Gasteiger partial charge >= 0.3 is 0 Å². The van der Waals surface area contributed by atoms with Crippen molar-refractivity contribution in [2.75, 3.05) is 18.0 Å². The van der Waals surface area contributed by atoms with Crippen LogP contribution in [0.3, 0.4) is 0 Å². The van der Waals surface area contributed by atoms with Gasteiger partial charge in [0, 0.05) is 0 Å². The Balaban J connectivity index is 2.45. The van der Waals surface area contributed by atoms with Gasteiger partial charge in [-0.3, -0.25) is 9.69 Å². The lowest BCUT2D eigenvalue weighted by Gasteiger charge is -2.31. The van der Waals surface area contributed by atoms with Gasteiger partial charge in [0.25, 0.3) is 11.7 Å². The Morgan fingerprint density at radius 3 is 2.47 bits per heavy atom. The van der Waals surface area contributed by atoms with E-state index < -0.39 is 5.91 Å². The summed E-state index contributed by atoms with van der Waals surface area (Å²) in [5.41, 5.74) is 8.03. The molecule has 0 aliphatic carbocycles. The number of aromatic amines is 1. The number of anilines is 1. The summed E-state index contributed by atoms with van der Waals surface area (Å²) in [7, 11) is 0. The molecule has 0 bridgehead atoms. The molecule has 5 nitrogen and oxygen atoms in total. The molecule has 1 fully saturated rings. The molecule has 1 aliphatic heterocycles. The Hall–Kier alpha value is -1.62. The van der Waals surface area contributed by atoms with Crippen molar-refractivity contribution in [3.8, 4) is 0 Å². The molecule has 2 rings (SSSR count). The number of hydrogen-bond donors (Lipinski definition) is 1. The van der Waals surface area contributed by atoms with Crippen molar-refractivity contribution in [2.24, 2.45) is 5.73 Å². The van der Waals surface area contributed by atoms with Gasteiger partial charge in [-0.05, 0) is 39.3 Å². The Labute approximate surface area is 113 Å². The number of aryl methyl sites for hydroxylation is 2. The van der Waals surface area contributed by atoms with Crippen LogP contribution in [0.2, 0.25) is 0 Å². The van der Waals surface area contributed by atoms with Gasteiger partial charge in [0.05, 0.1) is 17.9 Å². The van der Waals surface area contributed by atoms with E-state index in [2.05, 4.69) is 9.88 Å². The maximum absolute atomic E-state index is 11.7. The molecule has 1 amide bonds. The second kappa shape index (κ2) is 5.17. The number of primary amides is 1. The van der Waals surface area contributed by atoms with Crippen LogP contribution in [0.4, 0.5) is 5.82 Å². The van der Waals surface area contributed by atoms with Crippen molar-refractivity contribution in [1.82, 2.24) is 0 Å². The van der Waals surface area contributed by atoms with Gasteiger partial charge in [0.15, 0.2) is 0 Å². The SMILES string of the molecule is Cc1cc(C)c(C(N)=O)c(N2C[C@H](C)O[C@@H](C)C2)[nH+]1. The number of hydrogen-bond acceptors (Lipinski definition) is 3. The lowest BCUT2D eigenvalue weighted by molar-refractivity contribution is -0.374. The van der Waals surface area contributed by atoms with E-state index in [0.717, 1.165) is 30.2 Å². The summed E-state index contributed by atoms with van der Waals surface area (Å²) >= 11 is 0. The Morgan fingerprint density at radius 1 is 1.37 bits per heavy atom. The van der Waals surface area contributed by atoms with Gasteiger partial charge in [0.1, 0.15) is 18.7 Å². The van der Waals surface area contributed by atoms with Crippen LogP contribution in [0.1, 0.15) is 35.5 Å². The fraction of sp³-hybridized carbons (Fsp3) is 0.571. The van der Waals surface area contributed by atoms with E-state index >= 15 is 0 Å². The minimum absolute atomic E-state index is 0.138. The van der Waals surface area contributed by atoms with Crippen LogP contribution in [-0.2, 0) is 4.74 Å². The fourth-order valence-electron chi connectivity index (χ4n) is 2.78. The summed E-state index contributed by atoms with van der Waals surface area (Å²) in [5.74, 6) is 0.419. The van der Waals surface area contributed by atoms with E-state index in [1.54, 1.807) is 0 Å². The highest BCUT2D eigenvalue weighted by molar-refractivity contribution is 5.98. The third-order valence-corrected chi connectivity index (χ3v) is 3.36. The van der Waals surface area contributed by atoms with Crippen LogP contribution in [0.15, 0.2) is 6.07 Å². The minimum Gasteiger partial charge on any atom is -0.367 e. The average Bonchev–Trinajstić information content (AvgIpc) is 2.25. The van der Waals surface area contributed by atoms with Crippen LogP contribution in [0, 0.1) is 13.8 Å². The molecule has 0 saturated carbocycles. The number of amides is 1. The number of nitrogens with zero attached hydrogens (tertiary/aromatic N) is 1. The molecule has 3 N–H and O–H groups in total. The molecule has 2 heterocycles. The first-order chi connectivity index (χ1) is 8.88. The standard InChI is InChI=1S/C14H21N3O2/c1-8-5-9(2)16-14(12(8)13(15)18)17-6-10(3)19-11(4)7-17/h5,10-11H,6-7H2,1-4H3,(H2,15,18)/p+1/t10-,11-/m0/s1. The molecule has 1 saturated heterocycles. The number of carbonyl (C=O) groups excluding carboxylic acids is 1. The molecule has 1 aromatic rings. The minimum atomic E-state index is -0.393. The van der Waals surface area contributed by atoms with Gasteiger partial charge in [0.2, 0.25) is 0 Å². The molecule has 0 spiro atoms. The zero-order valence-corrected chi connectivity index (χ0v) is 12.0. The van der Waals surface area contributed by atoms with Crippen molar-refractivity contribution >= 4 is 11.7 Å². The normalized spacial score (nSPS) is 23.5. The lowest BCUT2D eigenvalue weighted by atomic mass is 10.1. The second-order valence-corrected chi connectivity index (χ2v) is 5.39. The van der Waals surface area contributed by atoms with E-state index in [1.807, 2.05) is 33.8 Å². The van der Waals surface area contributed by atoms with E-state index in [1.165, 1.54) is 0 Å². The first kappa shape index (κ1) is 13.8.